The Morgan fingerprint density at radius 3 is 2.79 bits per heavy atom. The number of amides is 1. The number of hydrogen-bond acceptors (Lipinski definition) is 5. The second-order valence-electron chi connectivity index (χ2n) is 7.06. The van der Waals surface area contributed by atoms with Gasteiger partial charge in [0.2, 0.25) is 5.91 Å². The highest BCUT2D eigenvalue weighted by molar-refractivity contribution is 7.22. The number of hydrogen-bond donors (Lipinski definition) is 1. The minimum absolute atomic E-state index is 0.0231. The molecule has 1 aliphatic heterocycles. The maximum Gasteiger partial charge on any atom is 0.227 e. The van der Waals surface area contributed by atoms with Crippen LogP contribution in [0.25, 0.3) is 10.2 Å². The maximum absolute atomic E-state index is 13.4. The van der Waals surface area contributed by atoms with Gasteiger partial charge in [0.25, 0.3) is 0 Å². The van der Waals surface area contributed by atoms with Gasteiger partial charge in [0, 0.05) is 19.0 Å². The Balaban J connectivity index is 1.40. The number of methoxy groups -OCH3 is 1. The molecule has 5 nitrogen and oxygen atoms in total. The Labute approximate surface area is 167 Å². The minimum Gasteiger partial charge on any atom is -0.495 e. The zero-order valence-electron chi connectivity index (χ0n) is 15.9. The minimum atomic E-state index is -0.246. The molecule has 4 rings (SSSR count). The summed E-state index contributed by atoms with van der Waals surface area (Å²) in [5, 5.41) is 3.91. The number of piperidine rings is 1. The molecular formula is C21H22FN3O2S. The number of ether oxygens (including phenoxy) is 1. The van der Waals surface area contributed by atoms with Gasteiger partial charge in [-0.3, -0.25) is 4.79 Å². The van der Waals surface area contributed by atoms with Crippen LogP contribution in [0.15, 0.2) is 36.4 Å². The van der Waals surface area contributed by atoms with Crippen molar-refractivity contribution in [3.63, 3.8) is 0 Å². The number of benzene rings is 2. The van der Waals surface area contributed by atoms with Crippen LogP contribution in [0.5, 0.6) is 5.75 Å². The van der Waals surface area contributed by atoms with Crippen LogP contribution < -0.4 is 15.0 Å². The number of aryl methyl sites for hydroxylation is 1. The van der Waals surface area contributed by atoms with Gasteiger partial charge in [-0.05, 0) is 55.7 Å². The number of rotatable bonds is 4. The quantitative estimate of drug-likeness (QED) is 0.696. The fourth-order valence-electron chi connectivity index (χ4n) is 3.51. The molecule has 1 saturated heterocycles. The van der Waals surface area contributed by atoms with E-state index in [-0.39, 0.29) is 17.6 Å². The first-order valence-corrected chi connectivity index (χ1v) is 10.1. The van der Waals surface area contributed by atoms with Crippen LogP contribution in [0.2, 0.25) is 0 Å². The normalized spacial score (nSPS) is 15.0. The number of thiazole rings is 1. The fourth-order valence-corrected chi connectivity index (χ4v) is 4.55. The van der Waals surface area contributed by atoms with E-state index in [0.29, 0.717) is 11.4 Å². The van der Waals surface area contributed by atoms with E-state index in [9.17, 15) is 9.18 Å². The van der Waals surface area contributed by atoms with E-state index in [1.807, 2.05) is 25.1 Å². The second kappa shape index (κ2) is 7.75. The fraction of sp³-hybridized carbons (Fsp3) is 0.333. The number of nitrogens with one attached hydrogen (secondary N) is 1. The van der Waals surface area contributed by atoms with Crippen molar-refractivity contribution >= 4 is 38.3 Å². The molecule has 1 N–H and O–H groups in total. The maximum atomic E-state index is 13.4. The van der Waals surface area contributed by atoms with Crippen LogP contribution in [0, 0.1) is 18.7 Å². The van der Waals surface area contributed by atoms with E-state index in [4.69, 9.17) is 4.74 Å². The van der Waals surface area contributed by atoms with E-state index < -0.39 is 0 Å². The van der Waals surface area contributed by atoms with Crippen molar-refractivity contribution in [1.82, 2.24) is 4.98 Å². The SMILES string of the molecule is COc1ccc(C)cc1NC(=O)C1CCN(c2nc3ccc(F)cc3s2)CC1. The topological polar surface area (TPSA) is 54.5 Å². The van der Waals surface area contributed by atoms with Gasteiger partial charge in [-0.1, -0.05) is 17.4 Å². The molecule has 0 spiro atoms. The zero-order chi connectivity index (χ0) is 19.7. The Morgan fingerprint density at radius 2 is 2.04 bits per heavy atom. The predicted molar refractivity (Wildman–Crippen MR) is 111 cm³/mol. The lowest BCUT2D eigenvalue weighted by Gasteiger charge is -2.31. The number of aromatic nitrogens is 1. The van der Waals surface area contributed by atoms with Crippen molar-refractivity contribution in [2.45, 2.75) is 19.8 Å². The third-order valence-electron chi connectivity index (χ3n) is 5.09. The summed E-state index contributed by atoms with van der Waals surface area (Å²) >= 11 is 1.49. The average molecular weight is 399 g/mol. The smallest absolute Gasteiger partial charge is 0.227 e. The predicted octanol–water partition coefficient (Wildman–Crippen LogP) is 4.61. The lowest BCUT2D eigenvalue weighted by atomic mass is 9.96. The Bertz CT molecular complexity index is 1010. The highest BCUT2D eigenvalue weighted by Crippen LogP contribution is 2.33. The van der Waals surface area contributed by atoms with Crippen LogP contribution >= 0.6 is 11.3 Å². The van der Waals surface area contributed by atoms with Crippen molar-refractivity contribution in [3.05, 3.63) is 47.8 Å². The number of anilines is 2. The van der Waals surface area contributed by atoms with Crippen molar-refractivity contribution < 1.29 is 13.9 Å². The Morgan fingerprint density at radius 1 is 1.25 bits per heavy atom. The summed E-state index contributed by atoms with van der Waals surface area (Å²) in [6.45, 7) is 3.49. The molecule has 2 heterocycles. The molecule has 2 aromatic carbocycles. The summed E-state index contributed by atoms with van der Waals surface area (Å²) in [7, 11) is 1.60. The molecule has 7 heteroatoms. The number of halogens is 1. The van der Waals surface area contributed by atoms with Crippen molar-refractivity contribution in [2.75, 3.05) is 30.4 Å². The van der Waals surface area contributed by atoms with Crippen molar-refractivity contribution in [2.24, 2.45) is 5.92 Å². The molecule has 0 unspecified atom stereocenters. The van der Waals surface area contributed by atoms with Crippen LogP contribution in [-0.2, 0) is 4.79 Å². The molecule has 1 aliphatic rings. The van der Waals surface area contributed by atoms with Gasteiger partial charge < -0.3 is 15.0 Å². The third-order valence-corrected chi connectivity index (χ3v) is 6.17. The number of carbonyl (C=O) groups is 1. The molecule has 0 aliphatic carbocycles. The van der Waals surface area contributed by atoms with Gasteiger partial charge in [0.1, 0.15) is 11.6 Å². The van der Waals surface area contributed by atoms with Crippen LogP contribution in [0.4, 0.5) is 15.2 Å². The van der Waals surface area contributed by atoms with Gasteiger partial charge in [0.15, 0.2) is 5.13 Å². The van der Waals surface area contributed by atoms with E-state index >= 15 is 0 Å². The Kier molecular flexibility index (Phi) is 5.17. The van der Waals surface area contributed by atoms with E-state index in [0.717, 1.165) is 46.8 Å². The highest BCUT2D eigenvalue weighted by Gasteiger charge is 2.27. The molecule has 3 aromatic rings. The van der Waals surface area contributed by atoms with Crippen LogP contribution in [0.3, 0.4) is 0 Å². The molecule has 1 fully saturated rings. The van der Waals surface area contributed by atoms with E-state index in [2.05, 4.69) is 15.2 Å². The second-order valence-corrected chi connectivity index (χ2v) is 8.07. The van der Waals surface area contributed by atoms with E-state index in [1.54, 1.807) is 13.2 Å². The molecule has 1 aromatic heterocycles. The highest BCUT2D eigenvalue weighted by atomic mass is 32.1. The molecule has 1 amide bonds. The van der Waals surface area contributed by atoms with Gasteiger partial charge in [0.05, 0.1) is 23.0 Å². The lowest BCUT2D eigenvalue weighted by molar-refractivity contribution is -0.120. The van der Waals surface area contributed by atoms with Crippen molar-refractivity contribution in [3.8, 4) is 5.75 Å². The molecule has 0 atom stereocenters. The third kappa shape index (κ3) is 3.80. The summed E-state index contributed by atoms with van der Waals surface area (Å²) in [5.41, 5.74) is 2.59. The van der Waals surface area contributed by atoms with Crippen molar-refractivity contribution in [1.29, 1.82) is 0 Å². The summed E-state index contributed by atoms with van der Waals surface area (Å²) in [6.07, 6.45) is 1.51. The summed E-state index contributed by atoms with van der Waals surface area (Å²) in [6, 6.07) is 10.4. The molecule has 28 heavy (non-hydrogen) atoms. The number of fused-ring (bicyclic) bond motifs is 1. The first-order valence-electron chi connectivity index (χ1n) is 9.30. The standard InChI is InChI=1S/C21H22FN3O2S/c1-13-3-6-18(27-2)17(11-13)23-20(26)14-7-9-25(10-8-14)21-24-16-5-4-15(22)12-19(16)28-21/h3-6,11-12,14H,7-10H2,1-2H3,(H,23,26). The molecule has 0 bridgehead atoms. The number of nitrogens with zero attached hydrogens (tertiary/aromatic N) is 2. The first-order chi connectivity index (χ1) is 13.5. The molecule has 146 valence electrons. The number of carbonyl (C=O) groups excluding carboxylic acids is 1. The van der Waals surface area contributed by atoms with E-state index in [1.165, 1.54) is 23.5 Å². The zero-order valence-corrected chi connectivity index (χ0v) is 16.7. The first kappa shape index (κ1) is 18.7. The molecule has 0 radical (unpaired) electrons. The lowest BCUT2D eigenvalue weighted by Crippen LogP contribution is -2.38. The van der Waals surface area contributed by atoms with Crippen LogP contribution in [-0.4, -0.2) is 31.1 Å². The van der Waals surface area contributed by atoms with Gasteiger partial charge in [-0.2, -0.15) is 0 Å². The Hall–Kier alpha value is -2.67. The largest absolute Gasteiger partial charge is 0.495 e. The van der Waals surface area contributed by atoms with Crippen LogP contribution in [0.1, 0.15) is 18.4 Å². The van der Waals surface area contributed by atoms with Gasteiger partial charge in [-0.25, -0.2) is 9.37 Å². The molecular weight excluding hydrogens is 377 g/mol. The summed E-state index contributed by atoms with van der Waals surface area (Å²) in [4.78, 5) is 19.5. The summed E-state index contributed by atoms with van der Waals surface area (Å²) in [5.74, 6) is 0.394. The monoisotopic (exact) mass is 399 g/mol. The average Bonchev–Trinajstić information content (AvgIpc) is 3.11. The molecule has 0 saturated carbocycles. The summed E-state index contributed by atoms with van der Waals surface area (Å²) < 4.78 is 19.6. The van der Waals surface area contributed by atoms with Gasteiger partial charge >= 0.3 is 0 Å². The van der Waals surface area contributed by atoms with Gasteiger partial charge in [-0.15, -0.1) is 0 Å².